The van der Waals surface area contributed by atoms with Crippen LogP contribution in [0.1, 0.15) is 35.1 Å². The molecular weight excluding hydrogens is 441 g/mol. The zero-order valence-electron chi connectivity index (χ0n) is 19.6. The number of nitrogens with zero attached hydrogens (tertiary/aromatic N) is 3. The molecule has 1 saturated carbocycles. The molecule has 1 aliphatic heterocycles. The van der Waals surface area contributed by atoms with Crippen LogP contribution in [0.2, 0.25) is 0 Å². The van der Waals surface area contributed by atoms with Crippen LogP contribution >= 0.6 is 0 Å². The maximum absolute atomic E-state index is 13.5. The summed E-state index contributed by atoms with van der Waals surface area (Å²) in [4.78, 5) is 18.1. The van der Waals surface area contributed by atoms with Gasteiger partial charge < -0.3 is 9.32 Å². The standard InChI is InChI=1S/C29H26FN3O2/c1-18-10-21(8-9-26(18)27-5-3-2-4-22(27)14-30)29-31-28(32-35-29)20-6-7-23-15-33(16-24(23)13-20)25-11-19(12-25)17-34/h2-10,13,17,19,25H,11-12,14-16H2,1H3. The number of hydrogen-bond donors (Lipinski definition) is 0. The molecule has 0 N–H and O–H groups in total. The molecule has 1 aliphatic carbocycles. The van der Waals surface area contributed by atoms with Gasteiger partial charge in [0.05, 0.1) is 0 Å². The Balaban J connectivity index is 1.22. The first-order valence-electron chi connectivity index (χ1n) is 12.0. The predicted octanol–water partition coefficient (Wildman–Crippen LogP) is 6.14. The molecule has 1 aromatic heterocycles. The number of carbonyl (C=O) groups excluding carboxylic acids is 1. The van der Waals surface area contributed by atoms with E-state index in [0.717, 1.165) is 60.0 Å². The van der Waals surface area contributed by atoms with Gasteiger partial charge in [-0.05, 0) is 71.3 Å². The molecule has 0 radical (unpaired) electrons. The Kier molecular flexibility index (Phi) is 5.53. The van der Waals surface area contributed by atoms with Crippen molar-refractivity contribution in [1.29, 1.82) is 0 Å². The van der Waals surface area contributed by atoms with Gasteiger partial charge in [-0.25, -0.2) is 4.39 Å². The van der Waals surface area contributed by atoms with E-state index in [1.165, 1.54) is 11.1 Å². The second-order valence-electron chi connectivity index (χ2n) is 9.65. The summed E-state index contributed by atoms with van der Waals surface area (Å²) in [6.45, 7) is 3.34. The van der Waals surface area contributed by atoms with Gasteiger partial charge in [0.25, 0.3) is 5.89 Å². The normalized spacial score (nSPS) is 19.4. The number of hydrogen-bond acceptors (Lipinski definition) is 5. The van der Waals surface area contributed by atoms with Crippen LogP contribution in [0.3, 0.4) is 0 Å². The predicted molar refractivity (Wildman–Crippen MR) is 132 cm³/mol. The number of halogens is 1. The van der Waals surface area contributed by atoms with E-state index in [1.54, 1.807) is 0 Å². The molecule has 0 bridgehead atoms. The molecule has 35 heavy (non-hydrogen) atoms. The molecule has 1 fully saturated rings. The highest BCUT2D eigenvalue weighted by Crippen LogP contribution is 2.37. The summed E-state index contributed by atoms with van der Waals surface area (Å²) >= 11 is 0. The van der Waals surface area contributed by atoms with Gasteiger partial charge in [-0.15, -0.1) is 0 Å². The highest BCUT2D eigenvalue weighted by molar-refractivity contribution is 5.74. The lowest BCUT2D eigenvalue weighted by Crippen LogP contribution is -2.42. The number of alkyl halides is 1. The smallest absolute Gasteiger partial charge is 0.258 e. The van der Waals surface area contributed by atoms with Crippen LogP contribution < -0.4 is 0 Å². The van der Waals surface area contributed by atoms with Crippen LogP contribution in [-0.2, 0) is 24.6 Å². The van der Waals surface area contributed by atoms with Gasteiger partial charge in [-0.1, -0.05) is 47.6 Å². The number of aromatic nitrogens is 2. The van der Waals surface area contributed by atoms with Crippen molar-refractivity contribution in [2.24, 2.45) is 5.92 Å². The van der Waals surface area contributed by atoms with Gasteiger partial charge in [0, 0.05) is 36.2 Å². The number of fused-ring (bicyclic) bond motifs is 1. The van der Waals surface area contributed by atoms with Crippen molar-refractivity contribution in [3.8, 4) is 34.0 Å². The Hall–Kier alpha value is -3.64. The molecule has 0 unspecified atom stereocenters. The SMILES string of the molecule is Cc1cc(-c2nc(-c3ccc4c(c3)CN(C3CC(C=O)C3)C4)no2)ccc1-c1ccccc1CF. The van der Waals surface area contributed by atoms with Gasteiger partial charge in [-0.2, -0.15) is 4.98 Å². The summed E-state index contributed by atoms with van der Waals surface area (Å²) in [5.74, 6) is 1.26. The minimum Gasteiger partial charge on any atom is -0.334 e. The Morgan fingerprint density at radius 2 is 1.80 bits per heavy atom. The van der Waals surface area contributed by atoms with Crippen LogP contribution in [0.5, 0.6) is 0 Å². The minimum absolute atomic E-state index is 0.230. The van der Waals surface area contributed by atoms with E-state index < -0.39 is 6.67 Å². The summed E-state index contributed by atoms with van der Waals surface area (Å²) in [6, 6.07) is 20.3. The highest BCUT2D eigenvalue weighted by Gasteiger charge is 2.36. The van der Waals surface area contributed by atoms with Crippen LogP contribution in [0, 0.1) is 12.8 Å². The number of benzene rings is 3. The van der Waals surface area contributed by atoms with Gasteiger partial charge in [0.15, 0.2) is 0 Å². The Morgan fingerprint density at radius 3 is 2.60 bits per heavy atom. The minimum atomic E-state index is -0.497. The molecule has 6 rings (SSSR count). The first-order valence-corrected chi connectivity index (χ1v) is 12.0. The van der Waals surface area contributed by atoms with Crippen molar-refractivity contribution in [3.05, 3.63) is 82.9 Å². The molecule has 6 heteroatoms. The third kappa shape index (κ3) is 3.98. The van der Waals surface area contributed by atoms with E-state index in [9.17, 15) is 9.18 Å². The van der Waals surface area contributed by atoms with Gasteiger partial charge in [-0.3, -0.25) is 4.90 Å². The lowest BCUT2D eigenvalue weighted by atomic mass is 9.80. The van der Waals surface area contributed by atoms with E-state index in [-0.39, 0.29) is 5.92 Å². The van der Waals surface area contributed by atoms with Gasteiger partial charge in [0.1, 0.15) is 13.0 Å². The topological polar surface area (TPSA) is 59.2 Å². The fraction of sp³-hybridized carbons (Fsp3) is 0.276. The fourth-order valence-electron chi connectivity index (χ4n) is 5.31. The number of aryl methyl sites for hydroxylation is 1. The molecule has 2 aliphatic rings. The molecule has 2 heterocycles. The van der Waals surface area contributed by atoms with Crippen molar-refractivity contribution < 1.29 is 13.7 Å². The zero-order chi connectivity index (χ0) is 23.9. The Morgan fingerprint density at radius 1 is 1.00 bits per heavy atom. The first-order chi connectivity index (χ1) is 17.1. The van der Waals surface area contributed by atoms with Crippen molar-refractivity contribution in [3.63, 3.8) is 0 Å². The van der Waals surface area contributed by atoms with E-state index in [4.69, 9.17) is 4.52 Å². The summed E-state index contributed by atoms with van der Waals surface area (Å²) < 4.78 is 19.1. The summed E-state index contributed by atoms with van der Waals surface area (Å²) in [6.07, 6.45) is 3.02. The molecule has 5 nitrogen and oxygen atoms in total. The molecule has 0 amide bonds. The molecule has 0 atom stereocenters. The van der Waals surface area contributed by atoms with Crippen LogP contribution in [0.25, 0.3) is 34.0 Å². The van der Waals surface area contributed by atoms with Crippen molar-refractivity contribution in [2.75, 3.05) is 0 Å². The second kappa shape index (κ2) is 8.86. The van der Waals surface area contributed by atoms with Crippen molar-refractivity contribution in [1.82, 2.24) is 15.0 Å². The number of rotatable bonds is 6. The van der Waals surface area contributed by atoms with Crippen molar-refractivity contribution >= 4 is 6.29 Å². The average molecular weight is 468 g/mol. The Bertz CT molecular complexity index is 1410. The molecular formula is C29H26FN3O2. The average Bonchev–Trinajstić information content (AvgIpc) is 3.50. The molecule has 0 spiro atoms. The van der Waals surface area contributed by atoms with E-state index in [2.05, 4.69) is 27.2 Å². The number of carbonyl (C=O) groups is 1. The summed E-state index contributed by atoms with van der Waals surface area (Å²) in [5.41, 5.74) is 7.99. The maximum Gasteiger partial charge on any atom is 0.258 e. The van der Waals surface area contributed by atoms with Crippen LogP contribution in [-0.4, -0.2) is 27.4 Å². The molecule has 0 saturated heterocycles. The third-order valence-corrected chi connectivity index (χ3v) is 7.42. The quantitative estimate of drug-likeness (QED) is 0.319. The lowest BCUT2D eigenvalue weighted by Gasteiger charge is -2.38. The molecule has 3 aromatic carbocycles. The van der Waals surface area contributed by atoms with Crippen molar-refractivity contribution in [2.45, 2.75) is 45.6 Å². The molecule has 4 aromatic rings. The van der Waals surface area contributed by atoms with Gasteiger partial charge >= 0.3 is 0 Å². The summed E-state index contributed by atoms with van der Waals surface area (Å²) in [5, 5.41) is 4.24. The highest BCUT2D eigenvalue weighted by atomic mass is 19.1. The monoisotopic (exact) mass is 467 g/mol. The largest absolute Gasteiger partial charge is 0.334 e. The van der Waals surface area contributed by atoms with Gasteiger partial charge in [0.2, 0.25) is 5.82 Å². The maximum atomic E-state index is 13.5. The van der Waals surface area contributed by atoms with E-state index in [1.807, 2.05) is 55.5 Å². The molecule has 176 valence electrons. The van der Waals surface area contributed by atoms with E-state index in [0.29, 0.717) is 23.3 Å². The zero-order valence-corrected chi connectivity index (χ0v) is 19.6. The third-order valence-electron chi connectivity index (χ3n) is 7.42. The van der Waals surface area contributed by atoms with Crippen LogP contribution in [0.4, 0.5) is 4.39 Å². The fourth-order valence-corrected chi connectivity index (χ4v) is 5.31. The lowest BCUT2D eigenvalue weighted by molar-refractivity contribution is -0.115. The first kappa shape index (κ1) is 21.9. The Labute approximate surface area is 203 Å². The summed E-state index contributed by atoms with van der Waals surface area (Å²) in [7, 11) is 0. The second-order valence-corrected chi connectivity index (χ2v) is 9.65. The van der Waals surface area contributed by atoms with E-state index >= 15 is 0 Å². The van der Waals surface area contributed by atoms with Crippen LogP contribution in [0.15, 0.2) is 65.2 Å². The number of aldehydes is 1.